The predicted octanol–water partition coefficient (Wildman–Crippen LogP) is 6.19. The molecule has 4 aliphatic carbocycles. The van der Waals surface area contributed by atoms with Crippen LogP contribution in [0.5, 0.6) is 0 Å². The van der Waals surface area contributed by atoms with Crippen LogP contribution in [0, 0.1) is 34.5 Å². The molecule has 5 aliphatic rings. The number of ketones is 1. The summed E-state index contributed by atoms with van der Waals surface area (Å²) >= 11 is 0. The smallest absolute Gasteiger partial charge is 0.525 e. The largest absolute Gasteiger partial charge is 0.537 e. The summed E-state index contributed by atoms with van der Waals surface area (Å²) in [7, 11) is -0.00874. The maximum absolute atomic E-state index is 12.1. The van der Waals surface area contributed by atoms with E-state index in [0.717, 1.165) is 43.3 Å². The van der Waals surface area contributed by atoms with Crippen molar-refractivity contribution >= 4 is 12.9 Å². The molecule has 0 aromatic carbocycles. The Hall–Kier alpha value is -0.765. The van der Waals surface area contributed by atoms with Gasteiger partial charge in [0.1, 0.15) is 11.5 Å². The minimum absolute atomic E-state index is 0.00874. The van der Waals surface area contributed by atoms with Gasteiger partial charge in [-0.1, -0.05) is 33.6 Å². The number of carbonyl (C=O) groups excluding carboxylic acids is 1. The number of allylic oxidation sites excluding steroid dienone is 1. The molecule has 5 fully saturated rings. The van der Waals surface area contributed by atoms with Crippen LogP contribution in [0.2, 0.25) is 6.32 Å². The molecule has 1 saturated heterocycles. The molecule has 0 aromatic heterocycles. The summed E-state index contributed by atoms with van der Waals surface area (Å²) in [5.41, 5.74) is 2.32. The van der Waals surface area contributed by atoms with E-state index in [0.29, 0.717) is 29.1 Å². The average Bonchev–Trinajstić information content (AvgIpc) is 3.30. The van der Waals surface area contributed by atoms with Gasteiger partial charge in [-0.15, -0.1) is 0 Å². The lowest BCUT2D eigenvalue weighted by atomic mass is 9.45. The van der Waals surface area contributed by atoms with Crippen molar-refractivity contribution in [2.45, 2.75) is 97.7 Å². The lowest BCUT2D eigenvalue weighted by Crippen LogP contribution is -2.53. The highest BCUT2D eigenvalue weighted by atomic mass is 16.6. The van der Waals surface area contributed by atoms with Crippen molar-refractivity contribution in [1.29, 1.82) is 0 Å². The second-order valence-electron chi connectivity index (χ2n) is 11.3. The van der Waals surface area contributed by atoms with Crippen LogP contribution in [-0.2, 0) is 14.1 Å². The third-order valence-corrected chi connectivity index (χ3v) is 10.1. The van der Waals surface area contributed by atoms with Crippen LogP contribution in [0.1, 0.15) is 91.4 Å². The first kappa shape index (κ1) is 20.2. The van der Waals surface area contributed by atoms with Crippen molar-refractivity contribution in [2.75, 3.05) is 6.61 Å². The van der Waals surface area contributed by atoms with Gasteiger partial charge in [0, 0.05) is 12.8 Å². The van der Waals surface area contributed by atoms with E-state index in [4.69, 9.17) is 9.31 Å². The predicted molar refractivity (Wildman–Crippen MR) is 116 cm³/mol. The second kappa shape index (κ2) is 7.43. The van der Waals surface area contributed by atoms with Gasteiger partial charge < -0.3 is 9.31 Å². The first-order chi connectivity index (χ1) is 14.0. The van der Waals surface area contributed by atoms with E-state index in [2.05, 4.69) is 20.8 Å². The van der Waals surface area contributed by atoms with Crippen LogP contribution in [0.4, 0.5) is 0 Å². The van der Waals surface area contributed by atoms with Crippen LogP contribution in [0.15, 0.2) is 11.3 Å². The molecule has 6 atom stereocenters. The lowest BCUT2D eigenvalue weighted by Gasteiger charge is -2.59. The molecule has 0 N–H and O–H groups in total. The van der Waals surface area contributed by atoms with Gasteiger partial charge in [-0.05, 0) is 91.3 Å². The maximum atomic E-state index is 12.1. The molecule has 0 radical (unpaired) electrons. The molecule has 4 heteroatoms. The molecule has 0 aromatic rings. The second-order valence-corrected chi connectivity index (χ2v) is 11.3. The molecule has 1 aliphatic heterocycles. The minimum Gasteiger partial charge on any atom is -0.537 e. The van der Waals surface area contributed by atoms with Crippen molar-refractivity contribution in [3.63, 3.8) is 0 Å². The van der Waals surface area contributed by atoms with Crippen molar-refractivity contribution in [3.8, 4) is 0 Å². The fraction of sp³-hybridized carbons (Fsp3) is 0.880. The van der Waals surface area contributed by atoms with E-state index in [1.807, 2.05) is 0 Å². The van der Waals surface area contributed by atoms with Crippen molar-refractivity contribution < 1.29 is 14.1 Å². The summed E-state index contributed by atoms with van der Waals surface area (Å²) in [4.78, 5) is 12.1. The molecule has 0 amide bonds. The van der Waals surface area contributed by atoms with E-state index >= 15 is 0 Å². The summed E-state index contributed by atoms with van der Waals surface area (Å²) in [5, 5.41) is 0. The topological polar surface area (TPSA) is 35.5 Å². The number of carbonyl (C=O) groups is 1. The molecular weight excluding hydrogens is 359 g/mol. The number of hydrogen-bond donors (Lipinski definition) is 0. The lowest BCUT2D eigenvalue weighted by molar-refractivity contribution is -0.136. The molecule has 0 bridgehead atoms. The van der Waals surface area contributed by atoms with Crippen LogP contribution < -0.4 is 0 Å². The Balaban J connectivity index is 1.36. The zero-order valence-corrected chi connectivity index (χ0v) is 18.8. The van der Waals surface area contributed by atoms with Gasteiger partial charge >= 0.3 is 7.12 Å². The third kappa shape index (κ3) is 3.15. The van der Waals surface area contributed by atoms with E-state index < -0.39 is 0 Å². The summed E-state index contributed by atoms with van der Waals surface area (Å²) in [5.74, 6) is 4.85. The molecule has 29 heavy (non-hydrogen) atoms. The Morgan fingerprint density at radius 3 is 2.76 bits per heavy atom. The van der Waals surface area contributed by atoms with E-state index in [-0.39, 0.29) is 7.12 Å². The van der Waals surface area contributed by atoms with E-state index in [1.54, 1.807) is 5.57 Å². The van der Waals surface area contributed by atoms with Crippen LogP contribution in [0.3, 0.4) is 0 Å². The molecular formula is C25H39BO3. The van der Waals surface area contributed by atoms with E-state index in [1.165, 1.54) is 57.1 Å². The quantitative estimate of drug-likeness (QED) is 0.532. The fourth-order valence-electron chi connectivity index (χ4n) is 8.38. The number of fused-ring (bicyclic) bond motifs is 5. The summed E-state index contributed by atoms with van der Waals surface area (Å²) in [6, 6.07) is 0. The van der Waals surface area contributed by atoms with Gasteiger partial charge in [-0.2, -0.15) is 0 Å². The fourth-order valence-corrected chi connectivity index (χ4v) is 8.38. The van der Waals surface area contributed by atoms with E-state index in [9.17, 15) is 4.79 Å². The molecule has 3 nitrogen and oxygen atoms in total. The van der Waals surface area contributed by atoms with Crippen molar-refractivity contribution in [3.05, 3.63) is 11.3 Å². The summed E-state index contributed by atoms with van der Waals surface area (Å²) in [6.07, 6.45) is 14.1. The minimum atomic E-state index is -0.00874. The highest BCUT2D eigenvalue weighted by Crippen LogP contribution is 2.67. The highest BCUT2D eigenvalue weighted by molar-refractivity contribution is 6.45. The Morgan fingerprint density at radius 2 is 1.93 bits per heavy atom. The highest BCUT2D eigenvalue weighted by Gasteiger charge is 2.59. The Labute approximate surface area is 177 Å². The number of unbranched alkanes of at least 4 members (excludes halogenated alkanes) is 1. The van der Waals surface area contributed by atoms with Gasteiger partial charge in [-0.25, -0.2) is 0 Å². The van der Waals surface area contributed by atoms with Crippen LogP contribution >= 0.6 is 0 Å². The maximum Gasteiger partial charge on any atom is 0.525 e. The Bertz CT molecular complexity index is 702. The normalized spacial score (nSPS) is 46.9. The molecule has 5 rings (SSSR count). The van der Waals surface area contributed by atoms with Gasteiger partial charge in [-0.3, -0.25) is 4.79 Å². The molecule has 0 spiro atoms. The van der Waals surface area contributed by atoms with Gasteiger partial charge in [0.25, 0.3) is 0 Å². The molecule has 1 heterocycles. The SMILES string of the molecule is CCCCB1OC/C(=C2\CC[C@H]3[C@@H]4CC[C@H]5CC(=O)CC[C@]5(C)[C@H]4CC[C@]23C)O1. The zero-order valence-electron chi connectivity index (χ0n) is 18.8. The Morgan fingerprint density at radius 1 is 1.07 bits per heavy atom. The van der Waals surface area contributed by atoms with Gasteiger partial charge in [0.15, 0.2) is 0 Å². The number of Topliss-reactive ketones (excluding diaryl/α,β-unsaturated/α-hetero) is 1. The van der Waals surface area contributed by atoms with Crippen molar-refractivity contribution in [2.24, 2.45) is 34.5 Å². The molecule has 4 saturated carbocycles. The van der Waals surface area contributed by atoms with Crippen LogP contribution in [-0.4, -0.2) is 19.5 Å². The zero-order chi connectivity index (χ0) is 20.2. The number of rotatable bonds is 3. The summed E-state index contributed by atoms with van der Waals surface area (Å²) < 4.78 is 12.3. The molecule has 0 unspecified atom stereocenters. The monoisotopic (exact) mass is 398 g/mol. The standard InChI is InChI=1S/C25H39BO3/c1-4-5-14-26-28-16-23(29-26)22-9-8-20-19-7-6-17-15-18(27)10-12-24(17,2)21(19)11-13-25(20,22)3/h17,19-21H,4-16H2,1-3H3/b23-22-/t17-,19-,20-,21-,24-,25-/m0/s1. The molecule has 160 valence electrons. The summed E-state index contributed by atoms with van der Waals surface area (Å²) in [6.45, 7) is 8.02. The van der Waals surface area contributed by atoms with Gasteiger partial charge in [0.2, 0.25) is 0 Å². The third-order valence-electron chi connectivity index (χ3n) is 10.1. The first-order valence-electron chi connectivity index (χ1n) is 12.5. The first-order valence-corrected chi connectivity index (χ1v) is 12.5. The van der Waals surface area contributed by atoms with Crippen LogP contribution in [0.25, 0.3) is 0 Å². The average molecular weight is 398 g/mol. The number of hydrogen-bond acceptors (Lipinski definition) is 3. The van der Waals surface area contributed by atoms with Crippen molar-refractivity contribution in [1.82, 2.24) is 0 Å². The van der Waals surface area contributed by atoms with Gasteiger partial charge in [0.05, 0.1) is 6.61 Å². The Kier molecular flexibility index (Phi) is 5.16.